The van der Waals surface area contributed by atoms with Crippen LogP contribution in [0.1, 0.15) is 160 Å². The Morgan fingerprint density at radius 3 is 1.11 bits per heavy atom. The molecular formula is C80H123IN4O4Si4. The summed E-state index contributed by atoms with van der Waals surface area (Å²) in [7, 11) is -2.69. The summed E-state index contributed by atoms with van der Waals surface area (Å²) in [6, 6.07) is 42.3. The molecule has 510 valence electrons. The molecule has 0 spiro atoms. The van der Waals surface area contributed by atoms with Crippen LogP contribution in [0.4, 0.5) is 0 Å². The SMILES string of the molecule is CC(C)[Si](C)(c1ccc2c(c1)[nH]c1cc([Si](C)(C(C)C)C(C)C)ccc12)C(C)C.CNCCNC.Cc1ccc(OC2CCCCO2)c(-n2c3cc([Si](C)(C(C)C)C(C)C)ccc3c3ccc([Si](C)(C(C)C)C(C)C)cc32)c1.Cc1ccc(OC2CCCCO2)c(I)c1. The van der Waals surface area contributed by atoms with E-state index in [0.29, 0.717) is 22.2 Å². The number of ether oxygens (including phenoxy) is 4. The number of aromatic amines is 1. The summed E-state index contributed by atoms with van der Waals surface area (Å²) >= 11 is 2.30. The molecule has 0 saturated carbocycles. The zero-order valence-corrected chi connectivity index (χ0v) is 68.4. The summed E-state index contributed by atoms with van der Waals surface area (Å²) in [5, 5.41) is 17.7. The Hall–Kier alpha value is -4.04. The number of H-pyrrole nitrogens is 1. The Morgan fingerprint density at radius 2 is 0.774 bits per heavy atom. The van der Waals surface area contributed by atoms with Gasteiger partial charge >= 0.3 is 0 Å². The van der Waals surface area contributed by atoms with E-state index < -0.39 is 32.3 Å². The molecule has 2 fully saturated rings. The van der Waals surface area contributed by atoms with Gasteiger partial charge in [-0.2, -0.15) is 0 Å². The van der Waals surface area contributed by atoms with Gasteiger partial charge in [-0.05, 0) is 180 Å². The van der Waals surface area contributed by atoms with E-state index in [1.807, 2.05) is 20.2 Å². The minimum Gasteiger partial charge on any atom is -0.464 e. The second-order valence-electron chi connectivity index (χ2n) is 30.8. The third-order valence-corrected chi connectivity index (χ3v) is 49.6. The molecule has 10 rings (SSSR count). The van der Waals surface area contributed by atoms with Crippen molar-refractivity contribution in [3.05, 3.63) is 124 Å². The zero-order chi connectivity index (χ0) is 68.5. The molecule has 8 aromatic rings. The van der Waals surface area contributed by atoms with Gasteiger partial charge in [0.2, 0.25) is 0 Å². The van der Waals surface area contributed by atoms with Gasteiger partial charge in [0.1, 0.15) is 11.5 Å². The Balaban J connectivity index is 0.000000209. The smallest absolute Gasteiger partial charge is 0.199 e. The summed E-state index contributed by atoms with van der Waals surface area (Å²) in [6.45, 7) is 57.0. The van der Waals surface area contributed by atoms with Gasteiger partial charge in [0, 0.05) is 58.5 Å². The molecule has 2 saturated heterocycles. The number of fused-ring (bicyclic) bond motifs is 6. The average molecular weight is 1440 g/mol. The van der Waals surface area contributed by atoms with Crippen molar-refractivity contribution in [2.24, 2.45) is 0 Å². The van der Waals surface area contributed by atoms with E-state index in [4.69, 9.17) is 18.9 Å². The van der Waals surface area contributed by atoms with Crippen LogP contribution in [-0.2, 0) is 9.47 Å². The van der Waals surface area contributed by atoms with E-state index in [2.05, 4.69) is 297 Å². The summed E-state index contributed by atoms with van der Waals surface area (Å²) in [4.78, 5) is 3.80. The number of hydrogen-bond acceptors (Lipinski definition) is 6. The highest BCUT2D eigenvalue weighted by atomic mass is 127. The van der Waals surface area contributed by atoms with Crippen molar-refractivity contribution < 1.29 is 18.9 Å². The molecule has 2 aromatic heterocycles. The molecule has 2 aliphatic rings. The molecule has 2 aliphatic heterocycles. The predicted molar refractivity (Wildman–Crippen MR) is 427 cm³/mol. The largest absolute Gasteiger partial charge is 0.464 e. The molecule has 2 unspecified atom stereocenters. The van der Waals surface area contributed by atoms with Gasteiger partial charge in [-0.1, -0.05) is 218 Å². The van der Waals surface area contributed by atoms with Crippen molar-refractivity contribution in [1.82, 2.24) is 20.2 Å². The molecule has 93 heavy (non-hydrogen) atoms. The molecule has 6 aromatic carbocycles. The summed E-state index contributed by atoms with van der Waals surface area (Å²) in [5.41, 5.74) is 14.4. The van der Waals surface area contributed by atoms with Crippen molar-refractivity contribution in [3.8, 4) is 17.2 Å². The van der Waals surface area contributed by atoms with Crippen LogP contribution in [0.25, 0.3) is 49.3 Å². The van der Waals surface area contributed by atoms with Crippen molar-refractivity contribution in [3.63, 3.8) is 0 Å². The number of benzene rings is 6. The van der Waals surface area contributed by atoms with Crippen LogP contribution in [0.15, 0.2) is 109 Å². The number of halogens is 1. The van der Waals surface area contributed by atoms with E-state index in [1.165, 1.54) is 61.2 Å². The highest BCUT2D eigenvalue weighted by Gasteiger charge is 2.41. The highest BCUT2D eigenvalue weighted by molar-refractivity contribution is 14.1. The van der Waals surface area contributed by atoms with E-state index in [0.717, 1.165) is 101 Å². The van der Waals surface area contributed by atoms with Crippen LogP contribution in [0.3, 0.4) is 0 Å². The van der Waals surface area contributed by atoms with Gasteiger partial charge in [0.15, 0.2) is 12.6 Å². The van der Waals surface area contributed by atoms with Crippen molar-refractivity contribution in [1.29, 1.82) is 0 Å². The Labute approximate surface area is 581 Å². The molecular weight excluding hydrogens is 1320 g/mol. The average Bonchev–Trinajstić information content (AvgIpc) is 1.59. The first kappa shape index (κ1) is 76.3. The Morgan fingerprint density at radius 1 is 0.441 bits per heavy atom. The fraction of sp³-hybridized carbons (Fsp3) is 0.550. The monoisotopic (exact) mass is 1440 g/mol. The standard InChI is InChI=1S/C38H55NO2Si2.C26H41NSi2.C12H15IO2.C4H12N2/c1-25(2)42(10,26(3)4)30-16-18-32-33-19-17-31(43(11,27(5)6)28(7)8)24-35(33)39(34(32)23-30)36-22-29(9)15-20-37(36)41-38-14-12-13-21-40-38;1-17(2)28(9,18(3)4)21-11-13-23-24-14-12-22(16-26(24)27-25(23)15-21)29(10,19(5)6)20(7)8;1-9-5-6-11(10(13)8-9)15-12-4-2-3-7-14-12;1-5-3-4-6-2/h15-20,22-28,38H,12-14,21H2,1-11H3;11-20,27H,1-10H3;5-6,8,12H,2-4,7H2,1H3;5-6H,3-4H2,1-2H3. The lowest BCUT2D eigenvalue weighted by atomic mass is 10.1. The van der Waals surface area contributed by atoms with Gasteiger partial charge in [-0.15, -0.1) is 0 Å². The van der Waals surface area contributed by atoms with Crippen LogP contribution in [-0.4, -0.2) is 94.8 Å². The summed E-state index contributed by atoms with van der Waals surface area (Å²) in [6.07, 6.45) is 6.33. The molecule has 8 nitrogen and oxygen atoms in total. The number of aromatic nitrogens is 2. The summed E-state index contributed by atoms with van der Waals surface area (Å²) < 4.78 is 27.8. The molecule has 4 heterocycles. The number of rotatable bonds is 20. The minimum absolute atomic E-state index is 0.0463. The molecule has 3 N–H and O–H groups in total. The normalized spacial score (nSPS) is 16.1. The van der Waals surface area contributed by atoms with Crippen LogP contribution >= 0.6 is 22.6 Å². The second kappa shape index (κ2) is 33.0. The molecule has 2 atom stereocenters. The zero-order valence-electron chi connectivity index (χ0n) is 62.2. The van der Waals surface area contributed by atoms with Crippen molar-refractivity contribution in [2.75, 3.05) is 40.4 Å². The van der Waals surface area contributed by atoms with Gasteiger partial charge in [-0.25, -0.2) is 0 Å². The predicted octanol–water partition coefficient (Wildman–Crippen LogP) is 20.7. The fourth-order valence-electron chi connectivity index (χ4n) is 14.6. The molecule has 0 aliphatic carbocycles. The highest BCUT2D eigenvalue weighted by Crippen LogP contribution is 2.42. The number of nitrogens with one attached hydrogen (secondary N) is 3. The molecule has 0 amide bonds. The van der Waals surface area contributed by atoms with Crippen LogP contribution < -0.4 is 40.9 Å². The minimum atomic E-state index is -1.76. The van der Waals surface area contributed by atoms with Gasteiger partial charge in [-0.3, -0.25) is 0 Å². The maximum atomic E-state index is 6.69. The van der Waals surface area contributed by atoms with Crippen LogP contribution in [0.2, 0.25) is 70.5 Å². The molecule has 0 radical (unpaired) electrons. The molecule has 0 bridgehead atoms. The van der Waals surface area contributed by atoms with E-state index in [-0.39, 0.29) is 12.6 Å². The molecule has 13 heteroatoms. The van der Waals surface area contributed by atoms with E-state index >= 15 is 0 Å². The van der Waals surface area contributed by atoms with Gasteiger partial charge in [0.05, 0.1) is 65.8 Å². The Bertz CT molecular complexity index is 3500. The lowest BCUT2D eigenvalue weighted by Gasteiger charge is -2.36. The summed E-state index contributed by atoms with van der Waals surface area (Å²) in [5.74, 6) is 1.85. The number of nitrogens with zero attached hydrogens (tertiary/aromatic N) is 1. The number of hydrogen-bond donors (Lipinski definition) is 3. The van der Waals surface area contributed by atoms with Crippen LogP contribution in [0, 0.1) is 17.4 Å². The topological polar surface area (TPSA) is 81.7 Å². The Kier molecular flexibility index (Phi) is 27.1. The lowest BCUT2D eigenvalue weighted by molar-refractivity contribution is -0.106. The first-order chi connectivity index (χ1) is 43.9. The van der Waals surface area contributed by atoms with Crippen LogP contribution in [0.5, 0.6) is 11.5 Å². The number of aryl methyl sites for hydroxylation is 2. The quantitative estimate of drug-likeness (QED) is 0.0401. The second-order valence-corrected chi connectivity index (χ2v) is 53.7. The lowest BCUT2D eigenvalue weighted by Crippen LogP contribution is -2.50. The fourth-order valence-corrected chi connectivity index (χ4v) is 29.6. The maximum absolute atomic E-state index is 6.69. The van der Waals surface area contributed by atoms with E-state index in [9.17, 15) is 0 Å². The van der Waals surface area contributed by atoms with Gasteiger partial charge < -0.3 is 39.1 Å². The van der Waals surface area contributed by atoms with E-state index in [1.54, 1.807) is 20.7 Å². The van der Waals surface area contributed by atoms with Crippen molar-refractivity contribution >= 4 is 119 Å². The van der Waals surface area contributed by atoms with Gasteiger partial charge in [0.25, 0.3) is 0 Å². The maximum Gasteiger partial charge on any atom is 0.199 e. The first-order valence-corrected chi connectivity index (χ1v) is 47.5. The first-order valence-electron chi connectivity index (χ1n) is 35.8. The third-order valence-electron chi connectivity index (χ3n) is 23.3. The number of likely N-dealkylation sites (N-methyl/N-ethyl adjacent to an activating group) is 2. The van der Waals surface area contributed by atoms with Crippen molar-refractivity contribution in [2.45, 2.75) is 246 Å². The third kappa shape index (κ3) is 16.8.